The number of nitrogens with one attached hydrogen (secondary N) is 1. The highest BCUT2D eigenvalue weighted by Crippen LogP contribution is 2.65. The Morgan fingerprint density at radius 1 is 0.882 bits per heavy atom. The summed E-state index contributed by atoms with van der Waals surface area (Å²) in [6, 6.07) is 11.1. The zero-order valence-corrected chi connectivity index (χ0v) is 20.0. The van der Waals surface area contributed by atoms with Crippen LogP contribution in [0.25, 0.3) is 0 Å². The van der Waals surface area contributed by atoms with Gasteiger partial charge in [0.2, 0.25) is 5.91 Å². The molecule has 0 saturated heterocycles. The first-order valence-corrected chi connectivity index (χ1v) is 11.4. The van der Waals surface area contributed by atoms with Gasteiger partial charge < -0.3 is 5.32 Å². The molecule has 0 aromatic heterocycles. The topological polar surface area (TPSA) is 46.2 Å². The lowest BCUT2D eigenvalue weighted by molar-refractivity contribution is -0.117. The largest absolute Gasteiger partial charge is 0.326 e. The van der Waals surface area contributed by atoms with Gasteiger partial charge in [0.05, 0.1) is 16.0 Å². The Balaban J connectivity index is 1.51. The number of amides is 1. The first kappa shape index (κ1) is 24.9. The molecule has 2 atom stereocenters. The number of rotatable bonds is 6. The Morgan fingerprint density at radius 2 is 1.62 bits per heavy atom. The highest BCUT2D eigenvalue weighted by Gasteiger charge is 2.67. The lowest BCUT2D eigenvalue weighted by atomic mass is 10.0. The van der Waals surface area contributed by atoms with E-state index in [2.05, 4.69) is 5.32 Å². The molecule has 1 N–H and O–H groups in total. The quantitative estimate of drug-likeness (QED) is 0.259. The van der Waals surface area contributed by atoms with E-state index in [0.29, 0.717) is 11.6 Å². The number of halogens is 7. The van der Waals surface area contributed by atoms with Crippen LogP contribution in [0.5, 0.6) is 0 Å². The van der Waals surface area contributed by atoms with Gasteiger partial charge in [0, 0.05) is 29.7 Å². The van der Waals surface area contributed by atoms with E-state index in [1.807, 2.05) is 0 Å². The van der Waals surface area contributed by atoms with E-state index in [9.17, 15) is 22.8 Å². The predicted molar refractivity (Wildman–Crippen MR) is 127 cm³/mol. The van der Waals surface area contributed by atoms with Crippen LogP contribution in [0.3, 0.4) is 0 Å². The number of carbonyl (C=O) groups is 2. The smallest absolute Gasteiger partial charge is 0.231 e. The second-order valence-electron chi connectivity index (χ2n) is 7.82. The van der Waals surface area contributed by atoms with Crippen molar-refractivity contribution in [3.8, 4) is 0 Å². The van der Waals surface area contributed by atoms with Crippen LogP contribution in [-0.2, 0) is 11.2 Å². The van der Waals surface area contributed by atoms with Gasteiger partial charge in [-0.1, -0.05) is 35.3 Å². The number of Topliss-reactive ketones (excluding diaryl/α,β-unsaturated/α-hetero) is 1. The van der Waals surface area contributed by atoms with Gasteiger partial charge in [0.1, 0.15) is 21.8 Å². The average Bonchev–Trinajstić information content (AvgIpc) is 3.35. The standard InChI is InChI=1S/C24H14Cl4F3NO2/c25-16-5-4-14(10-15(16)20(33)8-11-1-3-13(29)9-19(11)31)32-23(34)22-21(24(22,27)28)12-2-6-18(30)17(26)7-12/h1-7,9-10,21-22H,8H2,(H,32,34)/t21-,22+/m0/s1. The molecule has 0 spiro atoms. The van der Waals surface area contributed by atoms with Crippen molar-refractivity contribution in [2.45, 2.75) is 16.7 Å². The molecule has 0 heterocycles. The van der Waals surface area contributed by atoms with Gasteiger partial charge in [-0.05, 0) is 47.5 Å². The van der Waals surface area contributed by atoms with Gasteiger partial charge in [0.15, 0.2) is 5.78 Å². The third-order valence-corrected chi connectivity index (χ3v) is 7.10. The minimum absolute atomic E-state index is 0.00440. The van der Waals surface area contributed by atoms with E-state index >= 15 is 0 Å². The van der Waals surface area contributed by atoms with Gasteiger partial charge >= 0.3 is 0 Å². The average molecular weight is 547 g/mol. The van der Waals surface area contributed by atoms with Crippen LogP contribution in [0.15, 0.2) is 54.6 Å². The summed E-state index contributed by atoms with van der Waals surface area (Å²) in [6.45, 7) is 0. The molecule has 1 fully saturated rings. The Bertz CT molecular complexity index is 1320. The van der Waals surface area contributed by atoms with E-state index in [4.69, 9.17) is 46.4 Å². The van der Waals surface area contributed by atoms with Crippen LogP contribution in [0.4, 0.5) is 18.9 Å². The molecule has 0 unspecified atom stereocenters. The molecule has 1 amide bonds. The molecule has 0 aliphatic heterocycles. The molecular formula is C24H14Cl4F3NO2. The van der Waals surface area contributed by atoms with Gasteiger partial charge in [-0.3, -0.25) is 9.59 Å². The summed E-state index contributed by atoms with van der Waals surface area (Å²) in [5.74, 6) is -4.76. The molecule has 1 aliphatic rings. The number of alkyl halides is 2. The molecule has 3 aromatic carbocycles. The summed E-state index contributed by atoms with van der Waals surface area (Å²) < 4.78 is 39.1. The molecule has 34 heavy (non-hydrogen) atoms. The number of carbonyl (C=O) groups excluding carboxylic acids is 2. The fourth-order valence-corrected chi connectivity index (χ4v) is 4.98. The second-order valence-corrected chi connectivity index (χ2v) is 10.1. The third kappa shape index (κ3) is 4.91. The maximum Gasteiger partial charge on any atom is 0.231 e. The van der Waals surface area contributed by atoms with Crippen LogP contribution in [0.1, 0.15) is 27.4 Å². The number of anilines is 1. The van der Waals surface area contributed by atoms with Crippen molar-refractivity contribution < 1.29 is 22.8 Å². The van der Waals surface area contributed by atoms with E-state index in [-0.39, 0.29) is 33.3 Å². The van der Waals surface area contributed by atoms with Crippen LogP contribution in [-0.4, -0.2) is 16.0 Å². The summed E-state index contributed by atoms with van der Waals surface area (Å²) in [7, 11) is 0. The van der Waals surface area contributed by atoms with E-state index in [1.165, 1.54) is 36.4 Å². The van der Waals surface area contributed by atoms with Crippen LogP contribution in [0.2, 0.25) is 10.0 Å². The van der Waals surface area contributed by atoms with Gasteiger partial charge in [-0.15, -0.1) is 23.2 Å². The molecule has 176 valence electrons. The maximum atomic E-state index is 13.9. The summed E-state index contributed by atoms with van der Waals surface area (Å²) in [5, 5.41) is 2.62. The zero-order chi connectivity index (χ0) is 24.8. The fraction of sp³-hybridized carbons (Fsp3) is 0.167. The molecular weight excluding hydrogens is 533 g/mol. The van der Waals surface area contributed by atoms with Crippen LogP contribution in [0, 0.1) is 23.4 Å². The van der Waals surface area contributed by atoms with Gasteiger partial charge in [0.25, 0.3) is 0 Å². The number of benzene rings is 3. The van der Waals surface area contributed by atoms with Gasteiger partial charge in [-0.25, -0.2) is 13.2 Å². The Hall–Kier alpha value is -2.25. The predicted octanol–water partition coefficient (Wildman–Crippen LogP) is 7.36. The monoisotopic (exact) mass is 545 g/mol. The minimum Gasteiger partial charge on any atom is -0.326 e. The van der Waals surface area contributed by atoms with E-state index in [1.54, 1.807) is 0 Å². The summed E-state index contributed by atoms with van der Waals surface area (Å²) >= 11 is 24.6. The molecule has 1 saturated carbocycles. The van der Waals surface area contributed by atoms with Crippen molar-refractivity contribution in [1.29, 1.82) is 0 Å². The molecule has 10 heteroatoms. The maximum absolute atomic E-state index is 13.9. The third-order valence-electron chi connectivity index (χ3n) is 5.54. The highest BCUT2D eigenvalue weighted by atomic mass is 35.5. The van der Waals surface area contributed by atoms with Crippen molar-refractivity contribution >= 4 is 63.8 Å². The van der Waals surface area contributed by atoms with E-state index < -0.39 is 45.3 Å². The Labute approximate surface area is 212 Å². The Morgan fingerprint density at radius 3 is 2.29 bits per heavy atom. The normalized spacial score (nSPS) is 18.4. The van der Waals surface area contributed by atoms with Gasteiger partial charge in [-0.2, -0.15) is 0 Å². The summed E-state index contributed by atoms with van der Waals surface area (Å²) in [5.41, 5.74) is 0.794. The molecule has 1 aliphatic carbocycles. The second kappa shape index (κ2) is 9.42. The molecule has 4 rings (SSSR count). The van der Waals surface area contributed by atoms with Crippen LogP contribution >= 0.6 is 46.4 Å². The first-order valence-electron chi connectivity index (χ1n) is 9.89. The molecule has 0 radical (unpaired) electrons. The molecule has 0 bridgehead atoms. The lowest BCUT2D eigenvalue weighted by Gasteiger charge is -2.10. The van der Waals surface area contributed by atoms with Crippen molar-refractivity contribution in [2.75, 3.05) is 5.32 Å². The minimum atomic E-state index is -1.43. The number of ketones is 1. The summed E-state index contributed by atoms with van der Waals surface area (Å²) in [4.78, 5) is 25.6. The number of hydrogen-bond donors (Lipinski definition) is 1. The Kier molecular flexibility index (Phi) is 6.89. The summed E-state index contributed by atoms with van der Waals surface area (Å²) in [6.07, 6.45) is -0.355. The van der Waals surface area contributed by atoms with E-state index in [0.717, 1.165) is 12.1 Å². The highest BCUT2D eigenvalue weighted by molar-refractivity contribution is 6.53. The molecule has 3 nitrogen and oxygen atoms in total. The first-order chi connectivity index (χ1) is 16.0. The number of hydrogen-bond acceptors (Lipinski definition) is 2. The van der Waals surface area contributed by atoms with Crippen molar-refractivity contribution in [3.05, 3.63) is 98.8 Å². The van der Waals surface area contributed by atoms with Crippen molar-refractivity contribution in [3.63, 3.8) is 0 Å². The molecule has 3 aromatic rings. The van der Waals surface area contributed by atoms with Crippen LogP contribution < -0.4 is 5.32 Å². The lowest BCUT2D eigenvalue weighted by Crippen LogP contribution is -2.17. The van der Waals surface area contributed by atoms with Crippen molar-refractivity contribution in [2.24, 2.45) is 5.92 Å². The van der Waals surface area contributed by atoms with Crippen molar-refractivity contribution in [1.82, 2.24) is 0 Å². The fourth-order valence-electron chi connectivity index (χ4n) is 3.74. The zero-order valence-electron chi connectivity index (χ0n) is 17.0. The SMILES string of the molecule is O=C(Cc1ccc(F)cc1F)c1cc(NC(=O)[C@H]2[C@H](c3ccc(F)c(Cl)c3)C2(Cl)Cl)ccc1Cl.